The van der Waals surface area contributed by atoms with E-state index in [1.807, 2.05) is 0 Å². The molecular weight excluding hydrogens is 474 g/mol. The number of H-pyrrole nitrogens is 1. The number of rotatable bonds is 8. The SMILES string of the molecule is CN/C=C(\C=N)c1cnc2[nH]cc(C(=O)c3cccc(NS(=O)(=O)c4ccc(Cl)cc4)c3)c2c1. The van der Waals surface area contributed by atoms with Gasteiger partial charge in [-0.1, -0.05) is 23.7 Å². The van der Waals surface area contributed by atoms with Crippen LogP contribution < -0.4 is 10.0 Å². The summed E-state index contributed by atoms with van der Waals surface area (Å²) in [5.74, 6) is -0.299. The topological polar surface area (TPSA) is 128 Å². The predicted octanol–water partition coefficient (Wildman–Crippen LogP) is 4.46. The molecule has 8 nitrogen and oxygen atoms in total. The number of aromatic nitrogens is 2. The summed E-state index contributed by atoms with van der Waals surface area (Å²) in [5.41, 5.74) is 2.75. The second-order valence-electron chi connectivity index (χ2n) is 7.32. The highest BCUT2D eigenvalue weighted by atomic mass is 35.5. The van der Waals surface area contributed by atoms with Crippen LogP contribution in [0.2, 0.25) is 5.02 Å². The average molecular weight is 494 g/mol. The molecule has 2 aromatic heterocycles. The van der Waals surface area contributed by atoms with Crippen molar-refractivity contribution < 1.29 is 13.2 Å². The van der Waals surface area contributed by atoms with Crippen molar-refractivity contribution in [1.82, 2.24) is 15.3 Å². The average Bonchev–Trinajstić information content (AvgIpc) is 3.25. The molecule has 10 heteroatoms. The Morgan fingerprint density at radius 3 is 2.59 bits per heavy atom. The molecule has 0 saturated heterocycles. The Hall–Kier alpha value is -3.95. The number of halogens is 1. The number of hydrogen-bond acceptors (Lipinski definition) is 6. The molecule has 0 fully saturated rings. The lowest BCUT2D eigenvalue weighted by Crippen LogP contribution is -2.13. The van der Waals surface area contributed by atoms with Gasteiger partial charge < -0.3 is 15.7 Å². The van der Waals surface area contributed by atoms with Gasteiger partial charge in [-0.15, -0.1) is 0 Å². The number of fused-ring (bicyclic) bond motifs is 1. The van der Waals surface area contributed by atoms with Crippen molar-refractivity contribution >= 4 is 55.9 Å². The first-order chi connectivity index (χ1) is 16.3. The molecule has 0 amide bonds. The highest BCUT2D eigenvalue weighted by molar-refractivity contribution is 7.92. The van der Waals surface area contributed by atoms with Crippen molar-refractivity contribution in [3.8, 4) is 0 Å². The van der Waals surface area contributed by atoms with Crippen LogP contribution in [-0.2, 0) is 10.0 Å². The second kappa shape index (κ2) is 9.50. The van der Waals surface area contributed by atoms with E-state index in [-0.39, 0.29) is 16.4 Å². The maximum Gasteiger partial charge on any atom is 0.261 e. The van der Waals surface area contributed by atoms with Crippen molar-refractivity contribution in [3.05, 3.63) is 94.9 Å². The van der Waals surface area contributed by atoms with Crippen LogP contribution in [0.5, 0.6) is 0 Å². The summed E-state index contributed by atoms with van der Waals surface area (Å²) < 4.78 is 27.9. The van der Waals surface area contributed by atoms with Crippen molar-refractivity contribution in [3.63, 3.8) is 0 Å². The molecule has 0 bridgehead atoms. The molecule has 0 atom stereocenters. The maximum absolute atomic E-state index is 13.3. The summed E-state index contributed by atoms with van der Waals surface area (Å²) in [6.07, 6.45) is 6.05. The van der Waals surface area contributed by atoms with Crippen molar-refractivity contribution in [2.24, 2.45) is 0 Å². The summed E-state index contributed by atoms with van der Waals surface area (Å²) in [7, 11) is -2.12. The zero-order chi connectivity index (χ0) is 24.3. The first kappa shape index (κ1) is 23.2. The number of aromatic amines is 1. The van der Waals surface area contributed by atoms with Crippen molar-refractivity contribution in [2.45, 2.75) is 4.90 Å². The molecule has 0 aliphatic carbocycles. The van der Waals surface area contributed by atoms with Gasteiger partial charge in [-0.2, -0.15) is 0 Å². The lowest BCUT2D eigenvalue weighted by molar-refractivity contribution is 0.104. The minimum atomic E-state index is -3.85. The number of hydrogen-bond donors (Lipinski definition) is 4. The van der Waals surface area contributed by atoms with Gasteiger partial charge >= 0.3 is 0 Å². The smallest absolute Gasteiger partial charge is 0.261 e. The van der Waals surface area contributed by atoms with Crippen molar-refractivity contribution in [1.29, 1.82) is 5.41 Å². The third kappa shape index (κ3) is 4.70. The predicted molar refractivity (Wildman–Crippen MR) is 134 cm³/mol. The summed E-state index contributed by atoms with van der Waals surface area (Å²) in [6.45, 7) is 0. The molecule has 0 spiro atoms. The number of anilines is 1. The Balaban J connectivity index is 1.66. The quantitative estimate of drug-likeness (QED) is 0.213. The van der Waals surface area contributed by atoms with Crippen LogP contribution in [0, 0.1) is 5.41 Å². The second-order valence-corrected chi connectivity index (χ2v) is 9.44. The van der Waals surface area contributed by atoms with E-state index in [0.29, 0.717) is 38.3 Å². The van der Waals surface area contributed by atoms with Crippen LogP contribution >= 0.6 is 11.6 Å². The van der Waals surface area contributed by atoms with E-state index in [9.17, 15) is 13.2 Å². The van der Waals surface area contributed by atoms with Crippen LogP contribution in [0.15, 0.2) is 78.1 Å². The lowest BCUT2D eigenvalue weighted by Gasteiger charge is -2.09. The number of pyridine rings is 1. The largest absolute Gasteiger partial charge is 0.393 e. The molecule has 4 N–H and O–H groups in total. The van der Waals surface area contributed by atoms with Gasteiger partial charge in [0.05, 0.1) is 4.90 Å². The monoisotopic (exact) mass is 493 g/mol. The summed E-state index contributed by atoms with van der Waals surface area (Å²) >= 11 is 5.84. The molecule has 4 aromatic rings. The van der Waals surface area contributed by atoms with E-state index >= 15 is 0 Å². The van der Waals surface area contributed by atoms with E-state index in [1.54, 1.807) is 49.9 Å². The number of carbonyl (C=O) groups is 1. The van der Waals surface area contributed by atoms with E-state index in [4.69, 9.17) is 17.0 Å². The standard InChI is InChI=1S/C24H20ClN5O3S/c1-27-12-17(11-26)16-10-21-22(14-29-24(21)28-13-16)23(31)15-3-2-4-19(9-15)30-34(32,33)20-7-5-18(25)6-8-20/h2-14,26-27,30H,1H3,(H,28,29)/b17-12+,26-11?. The highest BCUT2D eigenvalue weighted by Crippen LogP contribution is 2.25. The van der Waals surface area contributed by atoms with Gasteiger partial charge in [-0.05, 0) is 42.5 Å². The minimum absolute atomic E-state index is 0.0560. The van der Waals surface area contributed by atoms with E-state index in [0.717, 1.165) is 0 Å². The van der Waals surface area contributed by atoms with Crippen LogP contribution in [0.4, 0.5) is 5.69 Å². The first-order valence-electron chi connectivity index (χ1n) is 10.1. The van der Waals surface area contributed by atoms with Crippen LogP contribution in [0.25, 0.3) is 16.6 Å². The highest BCUT2D eigenvalue weighted by Gasteiger charge is 2.18. The molecule has 0 aliphatic rings. The summed E-state index contributed by atoms with van der Waals surface area (Å²) in [5, 5.41) is 11.5. The van der Waals surface area contributed by atoms with Crippen molar-refractivity contribution in [2.75, 3.05) is 11.8 Å². The Bertz CT molecular complexity index is 1530. The molecule has 2 heterocycles. The lowest BCUT2D eigenvalue weighted by atomic mass is 10.0. The summed E-state index contributed by atoms with van der Waals surface area (Å²) in [4.78, 5) is 20.7. The molecule has 34 heavy (non-hydrogen) atoms. The van der Waals surface area contributed by atoms with Crippen LogP contribution in [0.1, 0.15) is 21.5 Å². The number of allylic oxidation sites excluding steroid dienone is 1. The molecule has 0 saturated carbocycles. The Labute approximate surface area is 201 Å². The Morgan fingerprint density at radius 2 is 1.88 bits per heavy atom. The van der Waals surface area contributed by atoms with Gasteiger partial charge in [0.15, 0.2) is 5.78 Å². The van der Waals surface area contributed by atoms with Gasteiger partial charge in [0.25, 0.3) is 10.0 Å². The van der Waals surface area contributed by atoms with Crippen LogP contribution in [0.3, 0.4) is 0 Å². The number of ketones is 1. The molecule has 0 aliphatic heterocycles. The third-order valence-corrected chi connectivity index (χ3v) is 6.71. The van der Waals surface area contributed by atoms with E-state index in [1.165, 1.54) is 36.5 Å². The number of nitrogens with zero attached hydrogens (tertiary/aromatic N) is 1. The minimum Gasteiger partial charge on any atom is -0.393 e. The molecule has 0 unspecified atom stereocenters. The fourth-order valence-corrected chi connectivity index (χ4v) is 4.60. The zero-order valence-electron chi connectivity index (χ0n) is 18.0. The Morgan fingerprint density at radius 1 is 1.12 bits per heavy atom. The molecule has 172 valence electrons. The number of sulfonamides is 1. The summed E-state index contributed by atoms with van der Waals surface area (Å²) in [6, 6.07) is 13.8. The van der Waals surface area contributed by atoms with E-state index in [2.05, 4.69) is 20.0 Å². The maximum atomic E-state index is 13.3. The third-order valence-electron chi connectivity index (χ3n) is 5.07. The zero-order valence-corrected chi connectivity index (χ0v) is 19.5. The fraction of sp³-hybridized carbons (Fsp3) is 0.0417. The molecule has 2 aromatic carbocycles. The number of benzene rings is 2. The van der Waals surface area contributed by atoms with Gasteiger partial charge in [0.2, 0.25) is 0 Å². The fourth-order valence-electron chi connectivity index (χ4n) is 3.42. The van der Waals surface area contributed by atoms with Gasteiger partial charge in [0.1, 0.15) is 5.65 Å². The molecule has 4 rings (SSSR count). The van der Waals surface area contributed by atoms with Gasteiger partial charge in [-0.3, -0.25) is 9.52 Å². The van der Waals surface area contributed by atoms with Crippen LogP contribution in [-0.4, -0.2) is 37.4 Å². The number of carbonyl (C=O) groups excluding carboxylic acids is 1. The Kier molecular flexibility index (Phi) is 6.49. The molecule has 0 radical (unpaired) electrons. The normalized spacial score (nSPS) is 11.9. The van der Waals surface area contributed by atoms with E-state index < -0.39 is 10.0 Å². The van der Waals surface area contributed by atoms with Gasteiger partial charge in [-0.25, -0.2) is 13.4 Å². The number of nitrogens with one attached hydrogen (secondary N) is 4. The molecular formula is C24H20ClN5O3S. The first-order valence-corrected chi connectivity index (χ1v) is 12.0. The van der Waals surface area contributed by atoms with Gasteiger partial charge in [0, 0.05) is 70.2 Å².